The minimum Gasteiger partial charge on any atom is -0.371 e. The second-order valence-corrected chi connectivity index (χ2v) is 5.00. The van der Waals surface area contributed by atoms with Gasteiger partial charge in [-0.05, 0) is 62.4 Å². The topological polar surface area (TPSA) is 29.3 Å². The molecule has 0 aliphatic heterocycles. The summed E-state index contributed by atoms with van der Waals surface area (Å²) in [5.41, 5.74) is 7.72. The Labute approximate surface area is 103 Å². The fourth-order valence-electron chi connectivity index (χ4n) is 2.37. The van der Waals surface area contributed by atoms with Crippen molar-refractivity contribution in [3.63, 3.8) is 0 Å². The summed E-state index contributed by atoms with van der Waals surface area (Å²) in [6, 6.07) is 5.54. The lowest BCUT2D eigenvalue weighted by Crippen LogP contribution is -2.31. The molecule has 17 heavy (non-hydrogen) atoms. The molecule has 94 valence electrons. The largest absolute Gasteiger partial charge is 0.371 e. The van der Waals surface area contributed by atoms with Gasteiger partial charge in [-0.2, -0.15) is 0 Å². The van der Waals surface area contributed by atoms with Crippen LogP contribution in [0.15, 0.2) is 18.2 Å². The molecule has 0 amide bonds. The van der Waals surface area contributed by atoms with Crippen LogP contribution in [0.5, 0.6) is 0 Å². The molecule has 0 saturated heterocycles. The van der Waals surface area contributed by atoms with Crippen molar-refractivity contribution in [3.8, 4) is 0 Å². The van der Waals surface area contributed by atoms with Crippen LogP contribution in [0.3, 0.4) is 0 Å². The first-order valence-electron chi connectivity index (χ1n) is 6.35. The van der Waals surface area contributed by atoms with Gasteiger partial charge in [0.1, 0.15) is 5.82 Å². The molecule has 1 aromatic rings. The Morgan fingerprint density at radius 1 is 1.47 bits per heavy atom. The monoisotopic (exact) mass is 236 g/mol. The highest BCUT2D eigenvalue weighted by molar-refractivity contribution is 5.54. The number of halogens is 1. The van der Waals surface area contributed by atoms with E-state index in [-0.39, 0.29) is 5.82 Å². The normalized spacial score (nSPS) is 16.9. The zero-order valence-electron chi connectivity index (χ0n) is 10.6. The summed E-state index contributed by atoms with van der Waals surface area (Å²) < 4.78 is 13.2. The lowest BCUT2D eigenvalue weighted by molar-refractivity contribution is 0.602. The van der Waals surface area contributed by atoms with Crippen LogP contribution < -0.4 is 10.6 Å². The van der Waals surface area contributed by atoms with Crippen LogP contribution in [0.25, 0.3) is 0 Å². The Balaban J connectivity index is 2.22. The molecule has 0 spiro atoms. The quantitative estimate of drug-likeness (QED) is 0.851. The number of hydrogen-bond acceptors (Lipinski definition) is 2. The molecule has 1 atom stereocenters. The van der Waals surface area contributed by atoms with Crippen molar-refractivity contribution in [2.24, 2.45) is 11.7 Å². The van der Waals surface area contributed by atoms with E-state index in [2.05, 4.69) is 18.9 Å². The van der Waals surface area contributed by atoms with Crippen molar-refractivity contribution in [2.45, 2.75) is 32.2 Å². The standard InChI is InChI=1S/C14H21FN2/c1-10(11-3-4-11)17(2)14-6-5-13(15)9-12(14)7-8-16/h5-6,9-11H,3-4,7-8,16H2,1-2H3. The first kappa shape index (κ1) is 12.4. The van der Waals surface area contributed by atoms with Gasteiger partial charge in [0, 0.05) is 18.8 Å². The van der Waals surface area contributed by atoms with E-state index in [0.717, 1.165) is 23.6 Å². The lowest BCUT2D eigenvalue weighted by atomic mass is 10.1. The van der Waals surface area contributed by atoms with Crippen LogP contribution in [-0.4, -0.2) is 19.6 Å². The van der Waals surface area contributed by atoms with Crippen molar-refractivity contribution in [1.82, 2.24) is 0 Å². The third-order valence-electron chi connectivity index (χ3n) is 3.75. The number of nitrogens with zero attached hydrogens (tertiary/aromatic N) is 1. The molecule has 3 heteroatoms. The number of anilines is 1. The number of benzene rings is 1. The Morgan fingerprint density at radius 3 is 2.76 bits per heavy atom. The maximum absolute atomic E-state index is 13.2. The molecule has 1 saturated carbocycles. The average Bonchev–Trinajstić information content (AvgIpc) is 3.12. The first-order valence-corrected chi connectivity index (χ1v) is 6.35. The molecular formula is C14H21FN2. The highest BCUT2D eigenvalue weighted by atomic mass is 19.1. The van der Waals surface area contributed by atoms with Crippen molar-refractivity contribution < 1.29 is 4.39 Å². The van der Waals surface area contributed by atoms with Crippen LogP contribution in [0.2, 0.25) is 0 Å². The summed E-state index contributed by atoms with van der Waals surface area (Å²) in [5, 5.41) is 0. The fourth-order valence-corrected chi connectivity index (χ4v) is 2.37. The van der Waals surface area contributed by atoms with Crippen LogP contribution in [0.1, 0.15) is 25.3 Å². The van der Waals surface area contributed by atoms with Crippen molar-refractivity contribution in [1.29, 1.82) is 0 Å². The summed E-state index contributed by atoms with van der Waals surface area (Å²) in [4.78, 5) is 2.27. The van der Waals surface area contributed by atoms with Crippen LogP contribution in [-0.2, 0) is 6.42 Å². The van der Waals surface area contributed by atoms with Gasteiger partial charge in [0.2, 0.25) is 0 Å². The van der Waals surface area contributed by atoms with E-state index in [1.165, 1.54) is 18.9 Å². The maximum Gasteiger partial charge on any atom is 0.123 e. The van der Waals surface area contributed by atoms with Gasteiger partial charge in [-0.25, -0.2) is 4.39 Å². The van der Waals surface area contributed by atoms with E-state index in [0.29, 0.717) is 12.6 Å². The van der Waals surface area contributed by atoms with Crippen molar-refractivity contribution in [3.05, 3.63) is 29.6 Å². The number of rotatable bonds is 5. The van der Waals surface area contributed by atoms with Gasteiger partial charge >= 0.3 is 0 Å². The predicted molar refractivity (Wildman–Crippen MR) is 69.7 cm³/mol. The molecular weight excluding hydrogens is 215 g/mol. The number of hydrogen-bond donors (Lipinski definition) is 1. The Bertz CT molecular complexity index is 388. The van der Waals surface area contributed by atoms with Crippen molar-refractivity contribution >= 4 is 5.69 Å². The summed E-state index contributed by atoms with van der Waals surface area (Å²) in [6.07, 6.45) is 3.37. The van der Waals surface area contributed by atoms with E-state index >= 15 is 0 Å². The zero-order chi connectivity index (χ0) is 12.4. The van der Waals surface area contributed by atoms with Gasteiger partial charge in [-0.15, -0.1) is 0 Å². The van der Waals surface area contributed by atoms with Gasteiger partial charge in [0.25, 0.3) is 0 Å². The van der Waals surface area contributed by atoms with E-state index in [9.17, 15) is 4.39 Å². The average molecular weight is 236 g/mol. The van der Waals surface area contributed by atoms with E-state index in [1.54, 1.807) is 6.07 Å². The molecule has 2 nitrogen and oxygen atoms in total. The zero-order valence-corrected chi connectivity index (χ0v) is 10.6. The molecule has 0 bridgehead atoms. The molecule has 1 aliphatic carbocycles. The highest BCUT2D eigenvalue weighted by Gasteiger charge is 2.31. The van der Waals surface area contributed by atoms with Gasteiger partial charge in [-0.3, -0.25) is 0 Å². The highest BCUT2D eigenvalue weighted by Crippen LogP contribution is 2.37. The SMILES string of the molecule is CC(C1CC1)N(C)c1ccc(F)cc1CCN. The fraction of sp³-hybridized carbons (Fsp3) is 0.571. The Hall–Kier alpha value is -1.09. The van der Waals surface area contributed by atoms with Gasteiger partial charge in [-0.1, -0.05) is 0 Å². The molecule has 0 heterocycles. The minimum atomic E-state index is -0.176. The molecule has 1 unspecified atom stereocenters. The summed E-state index contributed by atoms with van der Waals surface area (Å²) in [5.74, 6) is 0.625. The van der Waals surface area contributed by atoms with Crippen LogP contribution in [0.4, 0.5) is 10.1 Å². The van der Waals surface area contributed by atoms with Crippen LogP contribution in [0, 0.1) is 11.7 Å². The molecule has 0 radical (unpaired) electrons. The van der Waals surface area contributed by atoms with E-state index < -0.39 is 0 Å². The van der Waals surface area contributed by atoms with Gasteiger partial charge in [0.15, 0.2) is 0 Å². The molecule has 2 N–H and O–H groups in total. The number of nitrogens with two attached hydrogens (primary N) is 1. The van der Waals surface area contributed by atoms with E-state index in [1.807, 2.05) is 6.07 Å². The summed E-state index contributed by atoms with van der Waals surface area (Å²) in [6.45, 7) is 2.80. The third-order valence-corrected chi connectivity index (χ3v) is 3.75. The summed E-state index contributed by atoms with van der Waals surface area (Å²) >= 11 is 0. The third kappa shape index (κ3) is 2.78. The van der Waals surface area contributed by atoms with E-state index in [4.69, 9.17) is 5.73 Å². The first-order chi connectivity index (χ1) is 8.13. The second-order valence-electron chi connectivity index (χ2n) is 5.00. The summed E-state index contributed by atoms with van der Waals surface area (Å²) in [7, 11) is 2.09. The Kier molecular flexibility index (Phi) is 3.67. The van der Waals surface area contributed by atoms with Gasteiger partial charge < -0.3 is 10.6 Å². The molecule has 1 aromatic carbocycles. The molecule has 1 aliphatic rings. The minimum absolute atomic E-state index is 0.176. The molecule has 1 fully saturated rings. The van der Waals surface area contributed by atoms with Crippen molar-refractivity contribution in [2.75, 3.05) is 18.5 Å². The predicted octanol–water partition coefficient (Wildman–Crippen LogP) is 2.56. The lowest BCUT2D eigenvalue weighted by Gasteiger charge is -2.29. The molecule has 0 aromatic heterocycles. The second kappa shape index (κ2) is 5.05. The smallest absolute Gasteiger partial charge is 0.123 e. The van der Waals surface area contributed by atoms with Gasteiger partial charge in [0.05, 0.1) is 0 Å². The Morgan fingerprint density at radius 2 is 2.18 bits per heavy atom. The maximum atomic E-state index is 13.2. The molecule has 2 rings (SSSR count). The van der Waals surface area contributed by atoms with Crippen LogP contribution >= 0.6 is 0 Å².